The van der Waals surface area contributed by atoms with Crippen LogP contribution < -0.4 is 0 Å². The Morgan fingerprint density at radius 3 is 2.45 bits per heavy atom. The molecule has 0 bridgehead atoms. The highest BCUT2D eigenvalue weighted by Gasteiger charge is 2.61. The molecule has 2 heterocycles. The molecule has 0 spiro atoms. The number of carbonyl (C=O) groups excluding carboxylic acids is 1. The van der Waals surface area contributed by atoms with Gasteiger partial charge in [0, 0.05) is 18.8 Å². The lowest BCUT2D eigenvalue weighted by atomic mass is 10.1. The van der Waals surface area contributed by atoms with Gasteiger partial charge in [-0.05, 0) is 6.07 Å². The van der Waals surface area contributed by atoms with E-state index in [9.17, 15) is 36.2 Å². The van der Waals surface area contributed by atoms with E-state index in [0.717, 1.165) is 6.20 Å². The fraction of sp³-hybridized carbons (Fsp3) is 0.500. The fourth-order valence-corrected chi connectivity index (χ4v) is 1.74. The number of hydrazone groups is 1. The first kappa shape index (κ1) is 16.3. The van der Waals surface area contributed by atoms with Gasteiger partial charge in [0.25, 0.3) is 11.6 Å². The van der Waals surface area contributed by atoms with Crippen molar-refractivity contribution in [1.82, 2.24) is 14.8 Å². The van der Waals surface area contributed by atoms with Gasteiger partial charge in [0.1, 0.15) is 6.54 Å². The third-order valence-electron chi connectivity index (χ3n) is 2.84. The maximum Gasteiger partial charge on any atom is 0.438 e. The standard InChI is InChI=1S/C10H8F6N4O2/c11-9(12,13)6-1-4-19(18-6)5-7(21)20-8(22,2-3-17-20)10(14,15)16/h1,3-4,22H,2,5H2/t8-/m1/s1. The van der Waals surface area contributed by atoms with Crippen LogP contribution in [0, 0.1) is 0 Å². The highest BCUT2D eigenvalue weighted by atomic mass is 19.4. The molecule has 1 aliphatic heterocycles. The van der Waals surface area contributed by atoms with Crippen molar-refractivity contribution in [3.8, 4) is 0 Å². The SMILES string of the molecule is O=C(Cn1ccc(C(F)(F)F)n1)N1N=CC[C@@]1(O)C(F)(F)F. The summed E-state index contributed by atoms with van der Waals surface area (Å²) in [6.45, 7) is -0.939. The minimum atomic E-state index is -5.17. The predicted octanol–water partition coefficient (Wildman–Crippen LogP) is 1.37. The summed E-state index contributed by atoms with van der Waals surface area (Å²) in [5.74, 6) is -1.36. The maximum absolute atomic E-state index is 12.8. The zero-order valence-electron chi connectivity index (χ0n) is 10.6. The van der Waals surface area contributed by atoms with Gasteiger partial charge in [-0.15, -0.1) is 0 Å². The number of rotatable bonds is 2. The number of aliphatic hydroxyl groups is 1. The number of halogens is 6. The Balaban J connectivity index is 2.16. The first-order valence-corrected chi connectivity index (χ1v) is 5.70. The second-order valence-corrected chi connectivity index (χ2v) is 4.42. The van der Waals surface area contributed by atoms with Crippen molar-refractivity contribution in [3.63, 3.8) is 0 Å². The summed E-state index contributed by atoms with van der Waals surface area (Å²) < 4.78 is 75.8. The van der Waals surface area contributed by atoms with Gasteiger partial charge in [0.2, 0.25) is 0 Å². The van der Waals surface area contributed by atoms with Crippen LogP contribution in [0.2, 0.25) is 0 Å². The van der Waals surface area contributed by atoms with Gasteiger partial charge in [-0.1, -0.05) is 0 Å². The van der Waals surface area contributed by atoms with Crippen LogP contribution in [0.25, 0.3) is 0 Å². The van der Waals surface area contributed by atoms with Gasteiger partial charge >= 0.3 is 12.4 Å². The van der Waals surface area contributed by atoms with Gasteiger partial charge in [-0.3, -0.25) is 9.48 Å². The molecule has 22 heavy (non-hydrogen) atoms. The van der Waals surface area contributed by atoms with Crippen LogP contribution in [0.15, 0.2) is 17.4 Å². The van der Waals surface area contributed by atoms with Crippen LogP contribution in [-0.4, -0.2) is 43.9 Å². The van der Waals surface area contributed by atoms with Crippen molar-refractivity contribution < 1.29 is 36.2 Å². The Morgan fingerprint density at radius 2 is 1.95 bits per heavy atom. The van der Waals surface area contributed by atoms with Crippen molar-refractivity contribution in [1.29, 1.82) is 0 Å². The monoisotopic (exact) mass is 330 g/mol. The van der Waals surface area contributed by atoms with Crippen LogP contribution in [-0.2, 0) is 17.5 Å². The second kappa shape index (κ2) is 4.97. The first-order chi connectivity index (χ1) is 9.95. The van der Waals surface area contributed by atoms with Gasteiger partial charge in [0.15, 0.2) is 5.69 Å². The lowest BCUT2D eigenvalue weighted by molar-refractivity contribution is -0.302. The first-order valence-electron chi connectivity index (χ1n) is 5.70. The van der Waals surface area contributed by atoms with Crippen molar-refractivity contribution in [2.75, 3.05) is 0 Å². The van der Waals surface area contributed by atoms with E-state index in [-0.39, 0.29) is 5.01 Å². The zero-order chi connectivity index (χ0) is 16.8. The number of hydrogen-bond donors (Lipinski definition) is 1. The molecule has 1 aliphatic rings. The summed E-state index contributed by atoms with van der Waals surface area (Å²) >= 11 is 0. The number of amides is 1. The minimum Gasteiger partial charge on any atom is -0.362 e. The largest absolute Gasteiger partial charge is 0.438 e. The molecular formula is C10H8F6N4O2. The summed E-state index contributed by atoms with van der Waals surface area (Å²) in [4.78, 5) is 11.7. The number of carbonyl (C=O) groups is 1. The van der Waals surface area contributed by atoms with Crippen LogP contribution in [0.1, 0.15) is 12.1 Å². The Kier molecular flexibility index (Phi) is 3.67. The molecule has 0 saturated heterocycles. The zero-order valence-corrected chi connectivity index (χ0v) is 10.6. The maximum atomic E-state index is 12.8. The molecule has 122 valence electrons. The molecule has 0 aliphatic carbocycles. The summed E-state index contributed by atoms with van der Waals surface area (Å²) in [7, 11) is 0. The predicted molar refractivity (Wildman–Crippen MR) is 58.2 cm³/mol. The molecule has 1 atom stereocenters. The van der Waals surface area contributed by atoms with Crippen molar-refractivity contribution in [3.05, 3.63) is 18.0 Å². The van der Waals surface area contributed by atoms with E-state index in [1.807, 2.05) is 0 Å². The van der Waals surface area contributed by atoms with Crippen LogP contribution in [0.4, 0.5) is 26.3 Å². The number of nitrogens with zero attached hydrogens (tertiary/aromatic N) is 4. The molecule has 6 nitrogen and oxygen atoms in total. The Bertz CT molecular complexity index is 607. The molecule has 12 heteroatoms. The highest BCUT2D eigenvalue weighted by molar-refractivity contribution is 5.80. The van der Waals surface area contributed by atoms with E-state index in [0.29, 0.717) is 17.0 Å². The third kappa shape index (κ3) is 2.77. The molecule has 0 saturated carbocycles. The lowest BCUT2D eigenvalue weighted by Crippen LogP contribution is -2.57. The Hall–Kier alpha value is -2.11. The van der Waals surface area contributed by atoms with Crippen molar-refractivity contribution in [2.24, 2.45) is 5.10 Å². The molecule has 2 rings (SSSR count). The topological polar surface area (TPSA) is 70.7 Å². The minimum absolute atomic E-state index is 0.206. The molecule has 1 N–H and O–H groups in total. The van der Waals surface area contributed by atoms with E-state index in [1.54, 1.807) is 0 Å². The second-order valence-electron chi connectivity index (χ2n) is 4.42. The average molecular weight is 330 g/mol. The van der Waals surface area contributed by atoms with E-state index in [2.05, 4.69) is 10.2 Å². The lowest BCUT2D eigenvalue weighted by Gasteiger charge is -2.32. The summed E-state index contributed by atoms with van der Waals surface area (Å²) in [6, 6.07) is 0.566. The van der Waals surface area contributed by atoms with Crippen molar-refractivity contribution in [2.45, 2.75) is 31.0 Å². The summed E-state index contributed by atoms with van der Waals surface area (Å²) in [6.07, 6.45) is -9.40. The molecule has 1 aromatic heterocycles. The summed E-state index contributed by atoms with van der Waals surface area (Å²) in [5.41, 5.74) is -4.80. The van der Waals surface area contributed by atoms with Gasteiger partial charge in [-0.25, -0.2) is 0 Å². The molecule has 1 amide bonds. The molecule has 0 aromatic carbocycles. The number of hydrogen-bond acceptors (Lipinski definition) is 4. The van der Waals surface area contributed by atoms with E-state index in [4.69, 9.17) is 0 Å². The molecule has 0 radical (unpaired) electrons. The van der Waals surface area contributed by atoms with Crippen LogP contribution in [0.5, 0.6) is 0 Å². The quantitative estimate of drug-likeness (QED) is 0.833. The number of aromatic nitrogens is 2. The van der Waals surface area contributed by atoms with Gasteiger partial charge < -0.3 is 5.11 Å². The van der Waals surface area contributed by atoms with Crippen LogP contribution >= 0.6 is 0 Å². The van der Waals surface area contributed by atoms with E-state index >= 15 is 0 Å². The van der Waals surface area contributed by atoms with Gasteiger partial charge in [-0.2, -0.15) is 41.6 Å². The normalized spacial score (nSPS) is 22.4. The van der Waals surface area contributed by atoms with Crippen LogP contribution in [0.3, 0.4) is 0 Å². The molecule has 0 fully saturated rings. The highest BCUT2D eigenvalue weighted by Crippen LogP contribution is 2.38. The van der Waals surface area contributed by atoms with Gasteiger partial charge in [0.05, 0.1) is 0 Å². The van der Waals surface area contributed by atoms with E-state index in [1.165, 1.54) is 0 Å². The molecule has 1 aromatic rings. The number of alkyl halides is 6. The smallest absolute Gasteiger partial charge is 0.362 e. The Morgan fingerprint density at radius 1 is 1.32 bits per heavy atom. The third-order valence-corrected chi connectivity index (χ3v) is 2.84. The molecule has 0 unspecified atom stereocenters. The average Bonchev–Trinajstić information content (AvgIpc) is 2.94. The fourth-order valence-electron chi connectivity index (χ4n) is 1.74. The Labute approximate surface area is 118 Å². The van der Waals surface area contributed by atoms with E-state index < -0.39 is 42.6 Å². The summed E-state index contributed by atoms with van der Waals surface area (Å²) in [5, 5.41) is 15.5. The van der Waals surface area contributed by atoms with Crippen molar-refractivity contribution >= 4 is 12.1 Å². The molecular weight excluding hydrogens is 322 g/mol.